The van der Waals surface area contributed by atoms with Crippen molar-refractivity contribution < 1.29 is 14.3 Å². The second-order valence-electron chi connectivity index (χ2n) is 8.85. The first-order chi connectivity index (χ1) is 18.1. The number of amides is 1. The maximum Gasteiger partial charge on any atom is 0.258 e. The summed E-state index contributed by atoms with van der Waals surface area (Å²) in [4.78, 5) is 17.4. The molecule has 7 heteroatoms. The van der Waals surface area contributed by atoms with Gasteiger partial charge in [-0.15, -0.1) is 0 Å². The van der Waals surface area contributed by atoms with Gasteiger partial charge in [-0.2, -0.15) is 0 Å². The Balaban J connectivity index is 1.22. The monoisotopic (exact) mass is 513 g/mol. The number of rotatable bonds is 10. The van der Waals surface area contributed by atoms with Gasteiger partial charge in [-0.05, 0) is 72.6 Å². The van der Waals surface area contributed by atoms with Gasteiger partial charge in [-0.25, -0.2) is 4.98 Å². The molecule has 0 aliphatic heterocycles. The molecule has 0 bridgehead atoms. The summed E-state index contributed by atoms with van der Waals surface area (Å²) >= 11 is 5.90. The third kappa shape index (κ3) is 6.04. The summed E-state index contributed by atoms with van der Waals surface area (Å²) in [6.45, 7) is 3.13. The average molecular weight is 514 g/mol. The Morgan fingerprint density at radius 3 is 2.49 bits per heavy atom. The van der Waals surface area contributed by atoms with Gasteiger partial charge in [0.05, 0.1) is 23.7 Å². The van der Waals surface area contributed by atoms with Crippen molar-refractivity contribution in [2.45, 2.75) is 25.9 Å². The lowest BCUT2D eigenvalue weighted by Crippen LogP contribution is -2.32. The number of halogens is 1. The molecule has 1 atom stereocenters. The summed E-state index contributed by atoms with van der Waals surface area (Å²) in [5.74, 6) is 2.02. The molecule has 4 aromatic carbocycles. The highest BCUT2D eigenvalue weighted by Crippen LogP contribution is 2.23. The Bertz CT molecular complexity index is 1510. The van der Waals surface area contributed by atoms with Gasteiger partial charge in [0.15, 0.2) is 6.61 Å². The van der Waals surface area contributed by atoms with Crippen LogP contribution in [0.2, 0.25) is 5.02 Å². The normalized spacial score (nSPS) is 11.9. The number of aryl methyl sites for hydroxylation is 1. The van der Waals surface area contributed by atoms with E-state index in [0.717, 1.165) is 34.4 Å². The molecule has 0 saturated heterocycles. The fraction of sp³-hybridized carbons (Fsp3) is 0.200. The number of benzene rings is 4. The van der Waals surface area contributed by atoms with Gasteiger partial charge in [0.25, 0.3) is 5.91 Å². The average Bonchev–Trinajstić information content (AvgIpc) is 3.29. The molecule has 0 aliphatic carbocycles. The van der Waals surface area contributed by atoms with Gasteiger partial charge in [-0.1, -0.05) is 54.1 Å². The molecule has 6 nitrogen and oxygen atoms in total. The number of nitrogens with one attached hydrogen (secondary N) is 1. The van der Waals surface area contributed by atoms with Gasteiger partial charge < -0.3 is 19.4 Å². The second kappa shape index (κ2) is 11.4. The molecule has 0 saturated carbocycles. The van der Waals surface area contributed by atoms with Crippen molar-refractivity contribution in [3.63, 3.8) is 0 Å². The lowest BCUT2D eigenvalue weighted by Gasteiger charge is -2.17. The van der Waals surface area contributed by atoms with Crippen molar-refractivity contribution in [3.8, 4) is 11.5 Å². The highest BCUT2D eigenvalue weighted by Gasteiger charge is 2.18. The second-order valence-corrected chi connectivity index (χ2v) is 9.29. The number of aromatic nitrogens is 2. The Kier molecular flexibility index (Phi) is 7.57. The van der Waals surface area contributed by atoms with Crippen molar-refractivity contribution in [1.29, 1.82) is 0 Å². The molecule has 0 radical (unpaired) electrons. The quantitative estimate of drug-likeness (QED) is 0.214. The molecule has 5 rings (SSSR count). The van der Waals surface area contributed by atoms with Crippen LogP contribution in [-0.2, 0) is 11.3 Å². The van der Waals surface area contributed by atoms with Gasteiger partial charge in [0.1, 0.15) is 17.3 Å². The van der Waals surface area contributed by atoms with Crippen LogP contribution in [0.15, 0.2) is 91.0 Å². The van der Waals surface area contributed by atoms with Crippen LogP contribution in [0, 0.1) is 0 Å². The van der Waals surface area contributed by atoms with Crippen molar-refractivity contribution in [3.05, 3.63) is 102 Å². The van der Waals surface area contributed by atoms with Crippen LogP contribution in [0.25, 0.3) is 21.8 Å². The van der Waals surface area contributed by atoms with Gasteiger partial charge >= 0.3 is 0 Å². The number of ether oxygens (including phenoxy) is 2. The molecule has 1 N–H and O–H groups in total. The van der Waals surface area contributed by atoms with Crippen molar-refractivity contribution in [2.75, 3.05) is 13.2 Å². The summed E-state index contributed by atoms with van der Waals surface area (Å²) in [5.41, 5.74) is 1.92. The van der Waals surface area contributed by atoms with Gasteiger partial charge in [0.2, 0.25) is 0 Å². The number of carbonyl (C=O) groups excluding carboxylic acids is 1. The summed E-state index contributed by atoms with van der Waals surface area (Å²) in [6.07, 6.45) is 0.792. The van der Waals surface area contributed by atoms with E-state index in [-0.39, 0.29) is 18.6 Å². The standard InChI is InChI=1S/C30H28ClN3O3/c1-21(32-29(35)20-37-25-15-12-24(31)13-16-25)30-33-27-9-4-5-10-28(27)34(30)17-6-18-36-26-14-11-22-7-2-3-8-23(22)19-26/h2-5,7-16,19,21H,6,17-18,20H2,1H3,(H,32,35). The molecule has 188 valence electrons. The minimum atomic E-state index is -0.296. The number of para-hydroxylation sites is 2. The van der Waals surface area contributed by atoms with Crippen LogP contribution < -0.4 is 14.8 Å². The zero-order chi connectivity index (χ0) is 25.6. The van der Waals surface area contributed by atoms with E-state index in [1.807, 2.05) is 49.4 Å². The summed E-state index contributed by atoms with van der Waals surface area (Å²) in [5, 5.41) is 5.98. The van der Waals surface area contributed by atoms with Gasteiger partial charge in [0, 0.05) is 11.6 Å². The Morgan fingerprint density at radius 1 is 0.919 bits per heavy atom. The topological polar surface area (TPSA) is 65.4 Å². The number of hydrogen-bond acceptors (Lipinski definition) is 4. The molecule has 1 unspecified atom stereocenters. The summed E-state index contributed by atoms with van der Waals surface area (Å²) < 4.78 is 13.8. The fourth-order valence-electron chi connectivity index (χ4n) is 4.36. The van der Waals surface area contributed by atoms with Crippen LogP contribution in [-0.4, -0.2) is 28.7 Å². The highest BCUT2D eigenvalue weighted by molar-refractivity contribution is 6.30. The summed E-state index contributed by atoms with van der Waals surface area (Å²) in [6, 6.07) is 29.0. The molecule has 37 heavy (non-hydrogen) atoms. The summed E-state index contributed by atoms with van der Waals surface area (Å²) in [7, 11) is 0. The van der Waals surface area contributed by atoms with Crippen molar-refractivity contribution in [1.82, 2.24) is 14.9 Å². The van der Waals surface area contributed by atoms with Crippen LogP contribution in [0.1, 0.15) is 25.2 Å². The predicted molar refractivity (Wildman–Crippen MR) is 147 cm³/mol. The number of hydrogen-bond donors (Lipinski definition) is 1. The van der Waals surface area contributed by atoms with Crippen LogP contribution >= 0.6 is 11.6 Å². The van der Waals surface area contributed by atoms with E-state index in [2.05, 4.69) is 34.1 Å². The van der Waals surface area contributed by atoms with Crippen LogP contribution in [0.5, 0.6) is 11.5 Å². The third-order valence-corrected chi connectivity index (χ3v) is 6.40. The molecular weight excluding hydrogens is 486 g/mol. The predicted octanol–water partition coefficient (Wildman–Crippen LogP) is 6.57. The maximum absolute atomic E-state index is 12.6. The Labute approximate surface area is 220 Å². The van der Waals surface area contributed by atoms with E-state index in [9.17, 15) is 4.79 Å². The number of carbonyl (C=O) groups is 1. The minimum absolute atomic E-state index is 0.0915. The first kappa shape index (κ1) is 24.7. The van der Waals surface area contributed by atoms with Crippen molar-refractivity contribution in [2.24, 2.45) is 0 Å². The zero-order valence-electron chi connectivity index (χ0n) is 20.6. The molecule has 1 aromatic heterocycles. The largest absolute Gasteiger partial charge is 0.494 e. The first-order valence-corrected chi connectivity index (χ1v) is 12.7. The molecule has 5 aromatic rings. The molecule has 0 fully saturated rings. The van der Waals surface area contributed by atoms with E-state index in [4.69, 9.17) is 26.1 Å². The number of fused-ring (bicyclic) bond motifs is 2. The Morgan fingerprint density at radius 2 is 1.65 bits per heavy atom. The van der Waals surface area contributed by atoms with Crippen molar-refractivity contribution >= 4 is 39.3 Å². The zero-order valence-corrected chi connectivity index (χ0v) is 21.3. The van der Waals surface area contributed by atoms with Crippen LogP contribution in [0.3, 0.4) is 0 Å². The van der Waals surface area contributed by atoms with E-state index in [0.29, 0.717) is 23.9 Å². The van der Waals surface area contributed by atoms with Crippen LogP contribution in [0.4, 0.5) is 0 Å². The smallest absolute Gasteiger partial charge is 0.258 e. The maximum atomic E-state index is 12.6. The minimum Gasteiger partial charge on any atom is -0.494 e. The van der Waals surface area contributed by atoms with E-state index in [1.165, 1.54) is 5.39 Å². The van der Waals surface area contributed by atoms with Gasteiger partial charge in [-0.3, -0.25) is 4.79 Å². The molecule has 0 spiro atoms. The van der Waals surface area contributed by atoms with E-state index < -0.39 is 0 Å². The first-order valence-electron chi connectivity index (χ1n) is 12.3. The SMILES string of the molecule is CC(NC(=O)COc1ccc(Cl)cc1)c1nc2ccccc2n1CCCOc1ccc2ccccc2c1. The van der Waals surface area contributed by atoms with E-state index >= 15 is 0 Å². The lowest BCUT2D eigenvalue weighted by molar-refractivity contribution is -0.123. The highest BCUT2D eigenvalue weighted by atomic mass is 35.5. The molecule has 1 amide bonds. The lowest BCUT2D eigenvalue weighted by atomic mass is 10.1. The number of nitrogens with zero attached hydrogens (tertiary/aromatic N) is 2. The molecular formula is C30H28ClN3O3. The third-order valence-electron chi connectivity index (χ3n) is 6.15. The number of imidazole rings is 1. The fourth-order valence-corrected chi connectivity index (χ4v) is 4.48. The Hall–Kier alpha value is -4.03. The molecule has 1 heterocycles. The molecule has 0 aliphatic rings. The van der Waals surface area contributed by atoms with E-state index in [1.54, 1.807) is 24.3 Å².